The summed E-state index contributed by atoms with van der Waals surface area (Å²) >= 11 is 0. The summed E-state index contributed by atoms with van der Waals surface area (Å²) in [6.45, 7) is 0. The molecule has 1 rings (SSSR count). The molecule has 66 valence electrons. The Hall–Kier alpha value is -1.35. The van der Waals surface area contributed by atoms with Crippen LogP contribution in [-0.2, 0) is 4.79 Å². The summed E-state index contributed by atoms with van der Waals surface area (Å²) in [7, 11) is 0. The first-order chi connectivity index (χ1) is 5.22. The second-order valence-corrected chi connectivity index (χ2v) is 2.23. The van der Waals surface area contributed by atoms with E-state index in [1.165, 1.54) is 0 Å². The third-order valence-corrected chi connectivity index (χ3v) is 1.42. The van der Waals surface area contributed by atoms with Gasteiger partial charge >= 0.3 is 5.97 Å². The molecule has 0 unspecified atom stereocenters. The lowest BCUT2D eigenvalue weighted by atomic mass is 10.1. The van der Waals surface area contributed by atoms with Crippen molar-refractivity contribution in [1.82, 2.24) is 0 Å². The second-order valence-electron chi connectivity index (χ2n) is 2.23. The van der Waals surface area contributed by atoms with E-state index in [9.17, 15) is 4.79 Å². The molecule has 0 fully saturated rings. The van der Waals surface area contributed by atoms with Crippen LogP contribution in [-0.4, -0.2) is 11.1 Å². The molecule has 0 aromatic heterocycles. The quantitative estimate of drug-likeness (QED) is 0.700. The van der Waals surface area contributed by atoms with Gasteiger partial charge < -0.3 is 10.8 Å². The molecule has 0 heterocycles. The van der Waals surface area contributed by atoms with Crippen molar-refractivity contribution < 1.29 is 9.90 Å². The lowest BCUT2D eigenvalue weighted by Gasteiger charge is -2.04. The minimum Gasteiger partial charge on any atom is -0.480 e. The van der Waals surface area contributed by atoms with Crippen LogP contribution >= 0.6 is 0 Å². The van der Waals surface area contributed by atoms with Crippen molar-refractivity contribution in [2.45, 2.75) is 13.5 Å². The molecule has 1 aromatic carbocycles. The monoisotopic (exact) mass is 167 g/mol. The largest absolute Gasteiger partial charge is 0.480 e. The number of nitrogens with two attached hydrogens (primary N) is 1. The summed E-state index contributed by atoms with van der Waals surface area (Å²) in [5.41, 5.74) is 5.96. The Labute approximate surface area is 71.8 Å². The summed E-state index contributed by atoms with van der Waals surface area (Å²) in [5, 5.41) is 8.51. The van der Waals surface area contributed by atoms with Crippen LogP contribution in [0.15, 0.2) is 30.3 Å². The average molecular weight is 167 g/mol. The first-order valence-electron chi connectivity index (χ1n) is 3.25. The van der Waals surface area contributed by atoms with E-state index >= 15 is 0 Å². The van der Waals surface area contributed by atoms with Crippen LogP contribution in [0.3, 0.4) is 0 Å². The molecule has 0 bridgehead atoms. The van der Waals surface area contributed by atoms with Gasteiger partial charge in [-0.05, 0) is 5.56 Å². The molecule has 3 nitrogen and oxygen atoms in total. The van der Waals surface area contributed by atoms with Crippen LogP contribution < -0.4 is 5.73 Å². The van der Waals surface area contributed by atoms with Gasteiger partial charge in [0.25, 0.3) is 0 Å². The number of aliphatic carboxylic acids is 1. The van der Waals surface area contributed by atoms with Crippen LogP contribution in [0.2, 0.25) is 0 Å². The molecule has 0 radical (unpaired) electrons. The minimum atomic E-state index is -1.00. The summed E-state index contributed by atoms with van der Waals surface area (Å²) in [5.74, 6) is -1.00. The summed E-state index contributed by atoms with van der Waals surface area (Å²) in [4.78, 5) is 10.4. The molecule has 3 N–H and O–H groups in total. The van der Waals surface area contributed by atoms with Crippen molar-refractivity contribution >= 4 is 5.97 Å². The molecular formula is C9H13NO2. The predicted molar refractivity (Wildman–Crippen MR) is 47.7 cm³/mol. The number of carbonyl (C=O) groups is 1. The van der Waals surface area contributed by atoms with Crippen molar-refractivity contribution in [3.8, 4) is 0 Å². The highest BCUT2D eigenvalue weighted by Gasteiger charge is 2.12. The van der Waals surface area contributed by atoms with E-state index < -0.39 is 12.0 Å². The van der Waals surface area contributed by atoms with Gasteiger partial charge in [0.05, 0.1) is 0 Å². The molecule has 3 heteroatoms. The SMILES string of the molecule is C.N[C@H](C(=O)O)c1ccccc1. The van der Waals surface area contributed by atoms with E-state index in [2.05, 4.69) is 0 Å². The van der Waals surface area contributed by atoms with Gasteiger partial charge in [0, 0.05) is 0 Å². The Kier molecular flexibility index (Phi) is 4.00. The summed E-state index contributed by atoms with van der Waals surface area (Å²) in [6, 6.07) is 7.82. The van der Waals surface area contributed by atoms with Crippen LogP contribution in [0.4, 0.5) is 0 Å². The van der Waals surface area contributed by atoms with Crippen LogP contribution in [0.5, 0.6) is 0 Å². The van der Waals surface area contributed by atoms with Gasteiger partial charge in [-0.1, -0.05) is 37.8 Å². The highest BCUT2D eigenvalue weighted by Crippen LogP contribution is 2.08. The Morgan fingerprint density at radius 2 is 1.83 bits per heavy atom. The number of rotatable bonds is 2. The van der Waals surface area contributed by atoms with Crippen LogP contribution in [0.25, 0.3) is 0 Å². The molecule has 12 heavy (non-hydrogen) atoms. The molecule has 0 spiro atoms. The molecule has 0 saturated heterocycles. The number of benzene rings is 1. The maximum atomic E-state index is 10.4. The molecule has 0 aliphatic rings. The van der Waals surface area contributed by atoms with Crippen LogP contribution in [0, 0.1) is 0 Å². The molecule has 1 atom stereocenters. The Bertz CT molecular complexity index is 246. The van der Waals surface area contributed by atoms with E-state index in [1.807, 2.05) is 6.07 Å². The summed E-state index contributed by atoms with van der Waals surface area (Å²) in [6.07, 6.45) is 0. The third-order valence-electron chi connectivity index (χ3n) is 1.42. The van der Waals surface area contributed by atoms with Crippen molar-refractivity contribution in [1.29, 1.82) is 0 Å². The molecule has 0 aliphatic heterocycles. The smallest absolute Gasteiger partial charge is 0.325 e. The van der Waals surface area contributed by atoms with E-state index in [0.29, 0.717) is 5.56 Å². The fourth-order valence-corrected chi connectivity index (χ4v) is 0.803. The molecule has 0 aliphatic carbocycles. The van der Waals surface area contributed by atoms with Crippen molar-refractivity contribution in [2.24, 2.45) is 5.73 Å². The van der Waals surface area contributed by atoms with E-state index in [4.69, 9.17) is 10.8 Å². The lowest BCUT2D eigenvalue weighted by Crippen LogP contribution is -2.20. The van der Waals surface area contributed by atoms with E-state index in [0.717, 1.165) is 0 Å². The normalized spacial score (nSPS) is 11.4. The fraction of sp³-hybridized carbons (Fsp3) is 0.222. The van der Waals surface area contributed by atoms with Gasteiger partial charge in [-0.2, -0.15) is 0 Å². The van der Waals surface area contributed by atoms with Crippen molar-refractivity contribution in [3.05, 3.63) is 35.9 Å². The predicted octanol–water partition coefficient (Wildman–Crippen LogP) is 1.41. The van der Waals surface area contributed by atoms with Gasteiger partial charge in [0.15, 0.2) is 0 Å². The zero-order valence-electron chi connectivity index (χ0n) is 5.90. The number of carboxylic acid groups (broad SMARTS) is 1. The van der Waals surface area contributed by atoms with Gasteiger partial charge in [-0.25, -0.2) is 0 Å². The number of hydrogen-bond donors (Lipinski definition) is 2. The molecule has 0 amide bonds. The number of carboxylic acids is 1. The Balaban J connectivity index is 0.00000121. The van der Waals surface area contributed by atoms with Gasteiger partial charge in [0.1, 0.15) is 6.04 Å². The number of hydrogen-bond acceptors (Lipinski definition) is 2. The minimum absolute atomic E-state index is 0. The zero-order valence-corrected chi connectivity index (χ0v) is 5.90. The van der Waals surface area contributed by atoms with Crippen molar-refractivity contribution in [3.63, 3.8) is 0 Å². The summed E-state index contributed by atoms with van der Waals surface area (Å²) < 4.78 is 0. The fourth-order valence-electron chi connectivity index (χ4n) is 0.803. The van der Waals surface area contributed by atoms with E-state index in [1.54, 1.807) is 24.3 Å². The van der Waals surface area contributed by atoms with Gasteiger partial charge in [-0.15, -0.1) is 0 Å². The Morgan fingerprint density at radius 1 is 1.33 bits per heavy atom. The van der Waals surface area contributed by atoms with Crippen molar-refractivity contribution in [2.75, 3.05) is 0 Å². The first kappa shape index (κ1) is 10.7. The van der Waals surface area contributed by atoms with E-state index in [-0.39, 0.29) is 7.43 Å². The molecule has 0 saturated carbocycles. The van der Waals surface area contributed by atoms with Gasteiger partial charge in [-0.3, -0.25) is 4.79 Å². The maximum Gasteiger partial charge on any atom is 0.325 e. The first-order valence-corrected chi connectivity index (χ1v) is 3.25. The third kappa shape index (κ3) is 2.36. The Morgan fingerprint density at radius 3 is 2.25 bits per heavy atom. The highest BCUT2D eigenvalue weighted by atomic mass is 16.4. The topological polar surface area (TPSA) is 63.3 Å². The molecular weight excluding hydrogens is 154 g/mol. The second kappa shape index (κ2) is 4.51. The standard InChI is InChI=1S/C8H9NO2.CH4/c9-7(8(10)11)6-4-2-1-3-5-6;/h1-5,7H,9H2,(H,10,11);1H4/t7-;/m0./s1. The highest BCUT2D eigenvalue weighted by molar-refractivity contribution is 5.75. The zero-order chi connectivity index (χ0) is 8.27. The van der Waals surface area contributed by atoms with Gasteiger partial charge in [0.2, 0.25) is 0 Å². The maximum absolute atomic E-state index is 10.4. The van der Waals surface area contributed by atoms with Crippen LogP contribution in [0.1, 0.15) is 19.0 Å². The molecule has 1 aromatic rings. The lowest BCUT2D eigenvalue weighted by molar-refractivity contribution is -0.138. The average Bonchev–Trinajstić information content (AvgIpc) is 2.05.